The van der Waals surface area contributed by atoms with Crippen molar-refractivity contribution in [1.29, 1.82) is 0 Å². The van der Waals surface area contributed by atoms with E-state index in [0.717, 1.165) is 49.7 Å². The molecule has 0 spiro atoms. The van der Waals surface area contributed by atoms with Crippen molar-refractivity contribution < 1.29 is 18.9 Å². The maximum Gasteiger partial charge on any atom is 0.160 e. The van der Waals surface area contributed by atoms with Gasteiger partial charge in [0.1, 0.15) is 12.2 Å². The van der Waals surface area contributed by atoms with Crippen LogP contribution in [0.2, 0.25) is 0 Å². The molecule has 0 fully saturated rings. The monoisotopic (exact) mass is 390 g/mol. The number of likely N-dealkylation sites (N-methyl/N-ethyl adjacent to an activating group) is 1. The Labute approximate surface area is 169 Å². The molecule has 28 heavy (non-hydrogen) atoms. The van der Waals surface area contributed by atoms with Crippen LogP contribution in [0.5, 0.6) is 11.5 Å². The molecule has 1 aliphatic carbocycles. The van der Waals surface area contributed by atoms with E-state index in [1.807, 2.05) is 12.1 Å². The van der Waals surface area contributed by atoms with Gasteiger partial charge in [0.25, 0.3) is 0 Å². The maximum absolute atomic E-state index is 5.46. The van der Waals surface area contributed by atoms with Gasteiger partial charge in [0.15, 0.2) is 11.5 Å². The second kappa shape index (κ2) is 11.7. The van der Waals surface area contributed by atoms with Gasteiger partial charge in [-0.3, -0.25) is 0 Å². The topological polar surface area (TPSA) is 52.2 Å². The lowest BCUT2D eigenvalue weighted by Gasteiger charge is -2.24. The van der Waals surface area contributed by atoms with Crippen LogP contribution in [0.3, 0.4) is 0 Å². The molecule has 0 saturated carbocycles. The third kappa shape index (κ3) is 6.55. The minimum absolute atomic E-state index is 0.0155. The molecule has 1 N–H and O–H groups in total. The van der Waals surface area contributed by atoms with Gasteiger partial charge in [-0.25, -0.2) is 0 Å². The summed E-state index contributed by atoms with van der Waals surface area (Å²) < 4.78 is 21.5. The number of nitrogens with one attached hydrogen (secondary N) is 1. The predicted molar refractivity (Wildman–Crippen MR) is 112 cm³/mol. The Kier molecular flexibility index (Phi) is 9.34. The normalized spacial score (nSPS) is 18.9. The van der Waals surface area contributed by atoms with Gasteiger partial charge in [-0.2, -0.15) is 0 Å². The Balaban J connectivity index is 1.68. The Morgan fingerprint density at radius 3 is 2.39 bits per heavy atom. The summed E-state index contributed by atoms with van der Waals surface area (Å²) in [5, 5.41) is 3.47. The maximum atomic E-state index is 5.46. The zero-order chi connectivity index (χ0) is 20.4. The number of methoxy groups -OCH3 is 4. The third-order valence-corrected chi connectivity index (χ3v) is 4.95. The van der Waals surface area contributed by atoms with E-state index in [-0.39, 0.29) is 12.2 Å². The first-order valence-electron chi connectivity index (χ1n) is 9.70. The fourth-order valence-electron chi connectivity index (χ4n) is 3.22. The van der Waals surface area contributed by atoms with Gasteiger partial charge in [0, 0.05) is 33.0 Å². The van der Waals surface area contributed by atoms with E-state index >= 15 is 0 Å². The van der Waals surface area contributed by atoms with Gasteiger partial charge in [-0.15, -0.1) is 0 Å². The van der Waals surface area contributed by atoms with Crippen molar-refractivity contribution in [1.82, 2.24) is 10.2 Å². The standard InChI is InChI=1S/C22H34N2O4/c1-24(14-11-17-7-9-19(25-2)21(15-17)27-4)13-6-12-23-18-8-10-20(26-3)22(16-18)28-5/h7-10,15-16,20,22-23H,6,11-14H2,1-5H3. The van der Waals surface area contributed by atoms with Crippen molar-refractivity contribution in [3.8, 4) is 11.5 Å². The average Bonchev–Trinajstić information content (AvgIpc) is 2.74. The average molecular weight is 391 g/mol. The van der Waals surface area contributed by atoms with Gasteiger partial charge in [0.05, 0.1) is 14.2 Å². The van der Waals surface area contributed by atoms with Crippen LogP contribution >= 0.6 is 0 Å². The number of hydrogen-bond acceptors (Lipinski definition) is 6. The molecule has 2 rings (SSSR count). The van der Waals surface area contributed by atoms with Gasteiger partial charge in [-0.05, 0) is 56.3 Å². The second-order valence-electron chi connectivity index (χ2n) is 6.90. The Bertz CT molecular complexity index is 660. The van der Waals surface area contributed by atoms with E-state index in [1.165, 1.54) is 5.56 Å². The smallest absolute Gasteiger partial charge is 0.160 e. The zero-order valence-corrected chi connectivity index (χ0v) is 17.7. The molecule has 2 atom stereocenters. The second-order valence-corrected chi connectivity index (χ2v) is 6.90. The number of benzene rings is 1. The molecule has 0 amide bonds. The van der Waals surface area contributed by atoms with Crippen molar-refractivity contribution in [2.75, 3.05) is 55.1 Å². The Hall–Kier alpha value is -2.02. The van der Waals surface area contributed by atoms with Crippen molar-refractivity contribution in [3.63, 3.8) is 0 Å². The molecule has 6 heteroatoms. The lowest BCUT2D eigenvalue weighted by molar-refractivity contribution is 0.0132. The molecule has 0 bridgehead atoms. The summed E-state index contributed by atoms with van der Waals surface area (Å²) in [7, 11) is 8.89. The SMILES string of the molecule is COc1ccc(CCN(C)CCCNC2=CC(OC)C(OC)C=C2)cc1OC. The van der Waals surface area contributed by atoms with Gasteiger partial charge >= 0.3 is 0 Å². The molecule has 0 saturated heterocycles. The summed E-state index contributed by atoms with van der Waals surface area (Å²) >= 11 is 0. The molecule has 0 aromatic heterocycles. The molecule has 1 aliphatic rings. The summed E-state index contributed by atoms with van der Waals surface area (Å²) in [6.07, 6.45) is 8.16. The molecule has 0 radical (unpaired) electrons. The van der Waals surface area contributed by atoms with Crippen molar-refractivity contribution in [3.05, 3.63) is 47.7 Å². The van der Waals surface area contributed by atoms with Crippen LogP contribution in [0.1, 0.15) is 12.0 Å². The lowest BCUT2D eigenvalue weighted by atomic mass is 10.1. The van der Waals surface area contributed by atoms with Crippen molar-refractivity contribution in [2.24, 2.45) is 0 Å². The van der Waals surface area contributed by atoms with Crippen LogP contribution in [0, 0.1) is 0 Å². The molecule has 1 aromatic rings. The summed E-state index contributed by atoms with van der Waals surface area (Å²) in [6.45, 7) is 2.95. The van der Waals surface area contributed by atoms with E-state index in [9.17, 15) is 0 Å². The van der Waals surface area contributed by atoms with Gasteiger partial charge in [-0.1, -0.05) is 12.1 Å². The first-order valence-corrected chi connectivity index (χ1v) is 9.70. The Morgan fingerprint density at radius 2 is 1.71 bits per heavy atom. The molecule has 2 unspecified atom stereocenters. The number of rotatable bonds is 12. The van der Waals surface area contributed by atoms with Crippen LogP contribution < -0.4 is 14.8 Å². The molecular weight excluding hydrogens is 356 g/mol. The largest absolute Gasteiger partial charge is 0.493 e. The molecule has 0 aliphatic heterocycles. The highest BCUT2D eigenvalue weighted by molar-refractivity contribution is 5.42. The minimum atomic E-state index is -0.0401. The molecular formula is C22H34N2O4. The van der Waals surface area contributed by atoms with E-state index < -0.39 is 0 Å². The van der Waals surface area contributed by atoms with Crippen LogP contribution in [-0.2, 0) is 15.9 Å². The lowest BCUT2D eigenvalue weighted by Crippen LogP contribution is -2.31. The third-order valence-electron chi connectivity index (χ3n) is 4.95. The molecule has 0 heterocycles. The van der Waals surface area contributed by atoms with Gasteiger partial charge in [0.2, 0.25) is 0 Å². The first kappa shape index (κ1) is 22.3. The van der Waals surface area contributed by atoms with E-state index in [0.29, 0.717) is 0 Å². The number of hydrogen-bond donors (Lipinski definition) is 1. The van der Waals surface area contributed by atoms with Crippen LogP contribution in [0.4, 0.5) is 0 Å². The van der Waals surface area contributed by atoms with Crippen molar-refractivity contribution in [2.45, 2.75) is 25.0 Å². The zero-order valence-electron chi connectivity index (χ0n) is 17.7. The highest BCUT2D eigenvalue weighted by atomic mass is 16.5. The first-order chi connectivity index (χ1) is 13.6. The summed E-state index contributed by atoms with van der Waals surface area (Å²) in [4.78, 5) is 2.35. The number of nitrogens with zero attached hydrogens (tertiary/aromatic N) is 1. The number of allylic oxidation sites excluding steroid dienone is 1. The van der Waals surface area contributed by atoms with Crippen LogP contribution in [-0.4, -0.2) is 72.2 Å². The van der Waals surface area contributed by atoms with Crippen molar-refractivity contribution >= 4 is 0 Å². The van der Waals surface area contributed by atoms with Gasteiger partial charge < -0.3 is 29.2 Å². The van der Waals surface area contributed by atoms with Crippen LogP contribution in [0.25, 0.3) is 0 Å². The highest BCUT2D eigenvalue weighted by Gasteiger charge is 2.19. The van der Waals surface area contributed by atoms with E-state index in [4.69, 9.17) is 18.9 Å². The summed E-state index contributed by atoms with van der Waals surface area (Å²) in [5.41, 5.74) is 2.34. The molecule has 6 nitrogen and oxygen atoms in total. The predicted octanol–water partition coefficient (Wildman–Crippen LogP) is 2.64. The minimum Gasteiger partial charge on any atom is -0.493 e. The fourth-order valence-corrected chi connectivity index (χ4v) is 3.22. The fraction of sp³-hybridized carbons (Fsp3) is 0.545. The summed E-state index contributed by atoms with van der Waals surface area (Å²) in [6, 6.07) is 6.11. The summed E-state index contributed by atoms with van der Waals surface area (Å²) in [5.74, 6) is 1.55. The Morgan fingerprint density at radius 1 is 0.964 bits per heavy atom. The molecule has 156 valence electrons. The van der Waals surface area contributed by atoms with Crippen LogP contribution in [0.15, 0.2) is 42.1 Å². The van der Waals surface area contributed by atoms with E-state index in [1.54, 1.807) is 28.4 Å². The molecule has 1 aromatic carbocycles. The van der Waals surface area contributed by atoms with E-state index in [2.05, 4.69) is 41.5 Å². The highest BCUT2D eigenvalue weighted by Crippen LogP contribution is 2.27. The quantitative estimate of drug-likeness (QED) is 0.554. The number of ether oxygens (including phenoxy) is 4.